The van der Waals surface area contributed by atoms with Crippen molar-refractivity contribution >= 4 is 27.5 Å². The molecule has 0 aliphatic carbocycles. The molecule has 1 N–H and O–H groups in total. The van der Waals surface area contributed by atoms with Crippen LogP contribution >= 0.6 is 0 Å². The Kier molecular flexibility index (Phi) is 10.2. The van der Waals surface area contributed by atoms with Crippen molar-refractivity contribution in [2.24, 2.45) is 0 Å². The Balaban J connectivity index is 2.02. The largest absolute Gasteiger partial charge is 0.354 e. The summed E-state index contributed by atoms with van der Waals surface area (Å²) in [6, 6.07) is 18.1. The van der Waals surface area contributed by atoms with Gasteiger partial charge in [0.15, 0.2) is 0 Å². The summed E-state index contributed by atoms with van der Waals surface area (Å²) in [4.78, 5) is 28.3. The van der Waals surface area contributed by atoms with Crippen LogP contribution in [0.1, 0.15) is 43.4 Å². The number of hydrogen-bond donors (Lipinski definition) is 1. The van der Waals surface area contributed by atoms with Crippen molar-refractivity contribution in [3.63, 3.8) is 0 Å². The van der Waals surface area contributed by atoms with E-state index in [2.05, 4.69) is 5.32 Å². The summed E-state index contributed by atoms with van der Waals surface area (Å²) in [5.41, 5.74) is 2.52. The number of rotatable bonds is 12. The van der Waals surface area contributed by atoms with Crippen LogP contribution in [0, 0.1) is 19.7 Å². The molecular formula is C30H36FN3O4S. The van der Waals surface area contributed by atoms with E-state index in [1.807, 2.05) is 26.0 Å². The lowest BCUT2D eigenvalue weighted by Gasteiger charge is -2.32. The normalized spacial score (nSPS) is 12.0. The second-order valence-corrected chi connectivity index (χ2v) is 11.4. The molecule has 0 radical (unpaired) electrons. The maximum Gasteiger partial charge on any atom is 0.264 e. The molecule has 208 valence electrons. The predicted octanol–water partition coefficient (Wildman–Crippen LogP) is 4.97. The zero-order chi connectivity index (χ0) is 28.6. The van der Waals surface area contributed by atoms with E-state index in [1.54, 1.807) is 50.2 Å². The number of nitrogens with one attached hydrogen (secondary N) is 1. The molecule has 1 atom stereocenters. The van der Waals surface area contributed by atoms with Gasteiger partial charge in [-0.15, -0.1) is 0 Å². The minimum absolute atomic E-state index is 0.00744. The third kappa shape index (κ3) is 7.66. The zero-order valence-electron chi connectivity index (χ0n) is 22.9. The highest BCUT2D eigenvalue weighted by atomic mass is 32.2. The lowest BCUT2D eigenvalue weighted by Crippen LogP contribution is -2.51. The first-order valence-electron chi connectivity index (χ1n) is 13.0. The number of amides is 2. The van der Waals surface area contributed by atoms with Crippen molar-refractivity contribution in [2.75, 3.05) is 17.4 Å². The van der Waals surface area contributed by atoms with Gasteiger partial charge in [-0.2, -0.15) is 0 Å². The quantitative estimate of drug-likeness (QED) is 0.321. The SMILES string of the molecule is CCCCNC(=O)[C@@H](C)N(Cc1ccc(F)cc1)C(=O)CN(c1cc(C)ccc1C)S(=O)(=O)c1ccccc1. The fourth-order valence-electron chi connectivity index (χ4n) is 4.13. The summed E-state index contributed by atoms with van der Waals surface area (Å²) < 4.78 is 42.4. The Hall–Kier alpha value is -3.72. The molecule has 2 amide bonds. The summed E-state index contributed by atoms with van der Waals surface area (Å²) in [6.45, 7) is 7.21. The van der Waals surface area contributed by atoms with Gasteiger partial charge in [-0.1, -0.05) is 55.8 Å². The molecule has 7 nitrogen and oxygen atoms in total. The molecule has 0 aliphatic heterocycles. The van der Waals surface area contributed by atoms with E-state index in [0.29, 0.717) is 23.4 Å². The molecule has 0 heterocycles. The monoisotopic (exact) mass is 553 g/mol. The Morgan fingerprint density at radius 2 is 1.64 bits per heavy atom. The highest BCUT2D eigenvalue weighted by Crippen LogP contribution is 2.28. The minimum atomic E-state index is -4.13. The summed E-state index contributed by atoms with van der Waals surface area (Å²) in [7, 11) is -4.13. The van der Waals surface area contributed by atoms with E-state index in [4.69, 9.17) is 0 Å². The van der Waals surface area contributed by atoms with Gasteiger partial charge in [-0.25, -0.2) is 12.8 Å². The average Bonchev–Trinajstić information content (AvgIpc) is 2.92. The summed E-state index contributed by atoms with van der Waals surface area (Å²) >= 11 is 0. The highest BCUT2D eigenvalue weighted by Gasteiger charge is 2.33. The molecule has 0 aromatic heterocycles. The number of halogens is 1. The van der Waals surface area contributed by atoms with E-state index >= 15 is 0 Å². The Bertz CT molecular complexity index is 1380. The molecule has 0 aliphatic rings. The van der Waals surface area contributed by atoms with Crippen molar-refractivity contribution in [3.8, 4) is 0 Å². The van der Waals surface area contributed by atoms with Crippen LogP contribution in [-0.4, -0.2) is 44.3 Å². The Morgan fingerprint density at radius 3 is 2.28 bits per heavy atom. The van der Waals surface area contributed by atoms with Crippen LogP contribution < -0.4 is 9.62 Å². The molecule has 3 aromatic carbocycles. The first-order chi connectivity index (χ1) is 18.5. The molecule has 0 spiro atoms. The highest BCUT2D eigenvalue weighted by molar-refractivity contribution is 7.92. The van der Waals surface area contributed by atoms with Crippen LogP contribution in [0.25, 0.3) is 0 Å². The van der Waals surface area contributed by atoms with Gasteiger partial charge in [-0.3, -0.25) is 13.9 Å². The number of carbonyl (C=O) groups excluding carboxylic acids is 2. The number of hydrogen-bond acceptors (Lipinski definition) is 4. The number of carbonyl (C=O) groups is 2. The third-order valence-corrected chi connectivity index (χ3v) is 8.28. The van der Waals surface area contributed by atoms with Crippen LogP contribution in [-0.2, 0) is 26.2 Å². The molecule has 39 heavy (non-hydrogen) atoms. The number of aryl methyl sites for hydroxylation is 2. The first-order valence-corrected chi connectivity index (χ1v) is 14.4. The number of unbranched alkanes of at least 4 members (excludes halogenated alkanes) is 1. The van der Waals surface area contributed by atoms with E-state index in [9.17, 15) is 22.4 Å². The fraction of sp³-hybridized carbons (Fsp3) is 0.333. The van der Waals surface area contributed by atoms with Crippen LogP contribution in [0.15, 0.2) is 77.7 Å². The molecule has 0 fully saturated rings. The van der Waals surface area contributed by atoms with Crippen molar-refractivity contribution in [3.05, 3.63) is 95.3 Å². The van der Waals surface area contributed by atoms with E-state index < -0.39 is 34.3 Å². The standard InChI is InChI=1S/C30H36FN3O4S/c1-5-6-18-32-30(36)24(4)33(20-25-14-16-26(31)17-15-25)29(35)21-34(28-19-22(2)12-13-23(28)3)39(37,38)27-10-8-7-9-11-27/h7-17,19,24H,5-6,18,20-21H2,1-4H3,(H,32,36)/t24-/m1/s1. The molecule has 3 aromatic rings. The van der Waals surface area contributed by atoms with Gasteiger partial charge < -0.3 is 10.2 Å². The fourth-order valence-corrected chi connectivity index (χ4v) is 5.62. The van der Waals surface area contributed by atoms with Gasteiger partial charge in [0.25, 0.3) is 10.0 Å². The molecule has 3 rings (SSSR count). The predicted molar refractivity (Wildman–Crippen MR) is 151 cm³/mol. The molecular weight excluding hydrogens is 517 g/mol. The van der Waals surface area contributed by atoms with Crippen LogP contribution in [0.5, 0.6) is 0 Å². The number of nitrogens with zero attached hydrogens (tertiary/aromatic N) is 2. The van der Waals surface area contributed by atoms with Gasteiger partial charge in [0, 0.05) is 13.1 Å². The van der Waals surface area contributed by atoms with Crippen LogP contribution in [0.2, 0.25) is 0 Å². The van der Waals surface area contributed by atoms with Crippen molar-refractivity contribution in [1.82, 2.24) is 10.2 Å². The summed E-state index contributed by atoms with van der Waals surface area (Å²) in [5, 5.41) is 2.85. The summed E-state index contributed by atoms with van der Waals surface area (Å²) in [5.74, 6) is -1.32. The van der Waals surface area contributed by atoms with Crippen molar-refractivity contribution < 1.29 is 22.4 Å². The maximum atomic E-state index is 13.9. The van der Waals surface area contributed by atoms with Crippen molar-refractivity contribution in [1.29, 1.82) is 0 Å². The molecule has 0 unspecified atom stereocenters. The first kappa shape index (κ1) is 29.8. The van der Waals surface area contributed by atoms with Gasteiger partial charge in [0.1, 0.15) is 18.4 Å². The van der Waals surface area contributed by atoms with Gasteiger partial charge >= 0.3 is 0 Å². The van der Waals surface area contributed by atoms with Gasteiger partial charge in [-0.05, 0) is 74.2 Å². The third-order valence-electron chi connectivity index (χ3n) is 6.51. The van der Waals surface area contributed by atoms with Crippen LogP contribution in [0.4, 0.5) is 10.1 Å². The maximum absolute atomic E-state index is 13.9. The van der Waals surface area contributed by atoms with E-state index in [-0.39, 0.29) is 17.3 Å². The molecule has 0 bridgehead atoms. The van der Waals surface area contributed by atoms with Crippen molar-refractivity contribution in [2.45, 2.75) is 58.0 Å². The molecule has 0 saturated heterocycles. The lowest BCUT2D eigenvalue weighted by atomic mass is 10.1. The van der Waals surface area contributed by atoms with Gasteiger partial charge in [0.2, 0.25) is 11.8 Å². The number of benzene rings is 3. The Morgan fingerprint density at radius 1 is 0.974 bits per heavy atom. The van der Waals surface area contributed by atoms with Gasteiger partial charge in [0.05, 0.1) is 10.6 Å². The summed E-state index contributed by atoms with van der Waals surface area (Å²) in [6.07, 6.45) is 1.69. The number of sulfonamides is 1. The number of anilines is 1. The smallest absolute Gasteiger partial charge is 0.264 e. The molecule has 0 saturated carbocycles. The minimum Gasteiger partial charge on any atom is -0.354 e. The zero-order valence-corrected chi connectivity index (χ0v) is 23.7. The lowest BCUT2D eigenvalue weighted by molar-refractivity contribution is -0.139. The molecule has 9 heteroatoms. The van der Waals surface area contributed by atoms with E-state index in [0.717, 1.165) is 22.7 Å². The second kappa shape index (κ2) is 13.4. The topological polar surface area (TPSA) is 86.8 Å². The second-order valence-electron chi connectivity index (χ2n) is 9.58. The average molecular weight is 554 g/mol. The van der Waals surface area contributed by atoms with E-state index in [1.165, 1.54) is 29.2 Å². The Labute approximate surface area is 230 Å². The van der Waals surface area contributed by atoms with Crippen LogP contribution in [0.3, 0.4) is 0 Å².